The van der Waals surface area contributed by atoms with Crippen molar-refractivity contribution in [3.05, 3.63) is 36.2 Å². The highest BCUT2D eigenvalue weighted by Crippen LogP contribution is 2.19. The van der Waals surface area contributed by atoms with E-state index in [1.807, 2.05) is 25.4 Å². The molecular formula is C12H18N2. The van der Waals surface area contributed by atoms with E-state index in [0.29, 0.717) is 0 Å². The van der Waals surface area contributed by atoms with Crippen molar-refractivity contribution in [2.24, 2.45) is 10.4 Å². The molecule has 0 unspecified atom stereocenters. The first-order chi connectivity index (χ1) is 6.64. The number of hydrogen-bond donors (Lipinski definition) is 1. The van der Waals surface area contributed by atoms with Crippen LogP contribution in [0.25, 0.3) is 0 Å². The summed E-state index contributed by atoms with van der Waals surface area (Å²) in [4.78, 5) is 4.26. The van der Waals surface area contributed by atoms with Gasteiger partial charge in [0.15, 0.2) is 0 Å². The molecule has 2 heteroatoms. The summed E-state index contributed by atoms with van der Waals surface area (Å²) in [5.74, 6) is 0. The third-order valence-corrected chi connectivity index (χ3v) is 2.02. The maximum Gasteiger partial charge on any atom is 0.0590 e. The molecule has 1 heterocycles. The van der Waals surface area contributed by atoms with Gasteiger partial charge in [-0.3, -0.25) is 4.99 Å². The van der Waals surface area contributed by atoms with E-state index in [9.17, 15) is 0 Å². The molecule has 0 aromatic carbocycles. The summed E-state index contributed by atoms with van der Waals surface area (Å²) in [6, 6.07) is 0. The van der Waals surface area contributed by atoms with E-state index in [1.54, 1.807) is 0 Å². The van der Waals surface area contributed by atoms with Gasteiger partial charge in [-0.2, -0.15) is 0 Å². The van der Waals surface area contributed by atoms with Crippen molar-refractivity contribution in [1.82, 2.24) is 5.32 Å². The highest BCUT2D eigenvalue weighted by atomic mass is 14.9. The lowest BCUT2D eigenvalue weighted by molar-refractivity contribution is 0.621. The number of allylic oxidation sites excluding steroid dienone is 4. The molecule has 0 radical (unpaired) electrons. The third-order valence-electron chi connectivity index (χ3n) is 2.02. The van der Waals surface area contributed by atoms with Gasteiger partial charge in [-0.25, -0.2) is 0 Å². The first kappa shape index (κ1) is 10.8. The zero-order valence-electron chi connectivity index (χ0n) is 9.12. The van der Waals surface area contributed by atoms with Crippen LogP contribution in [0.15, 0.2) is 41.2 Å². The van der Waals surface area contributed by atoms with Gasteiger partial charge < -0.3 is 5.32 Å². The van der Waals surface area contributed by atoms with Gasteiger partial charge in [-0.1, -0.05) is 32.1 Å². The normalized spacial score (nSPS) is 29.2. The predicted molar refractivity (Wildman–Crippen MR) is 62.3 cm³/mol. The van der Waals surface area contributed by atoms with Crippen molar-refractivity contribution in [3.8, 4) is 0 Å². The number of nitrogens with one attached hydrogen (secondary N) is 1. The lowest BCUT2D eigenvalue weighted by Gasteiger charge is -2.13. The second kappa shape index (κ2) is 4.80. The summed E-state index contributed by atoms with van der Waals surface area (Å²) < 4.78 is 0. The summed E-state index contributed by atoms with van der Waals surface area (Å²) in [5, 5.41) is 3.22. The fourth-order valence-electron chi connectivity index (χ4n) is 1.21. The van der Waals surface area contributed by atoms with E-state index in [2.05, 4.69) is 42.4 Å². The van der Waals surface area contributed by atoms with Crippen molar-refractivity contribution < 1.29 is 0 Å². The quantitative estimate of drug-likeness (QED) is 0.632. The molecule has 1 aliphatic rings. The Morgan fingerprint density at radius 3 is 2.93 bits per heavy atom. The number of aliphatic imine (C=N–C) groups is 1. The molecule has 0 saturated carbocycles. The van der Waals surface area contributed by atoms with Gasteiger partial charge in [0.25, 0.3) is 0 Å². The van der Waals surface area contributed by atoms with Gasteiger partial charge in [0.2, 0.25) is 0 Å². The fourth-order valence-corrected chi connectivity index (χ4v) is 1.21. The largest absolute Gasteiger partial charge is 0.385 e. The molecule has 2 nitrogen and oxygen atoms in total. The first-order valence-electron chi connectivity index (χ1n) is 4.92. The van der Waals surface area contributed by atoms with Gasteiger partial charge in [0.1, 0.15) is 0 Å². The molecule has 1 aliphatic heterocycles. The van der Waals surface area contributed by atoms with Crippen LogP contribution >= 0.6 is 0 Å². The van der Waals surface area contributed by atoms with E-state index in [1.165, 1.54) is 0 Å². The molecule has 76 valence electrons. The average Bonchev–Trinajstić information content (AvgIpc) is 2.18. The second-order valence-corrected chi connectivity index (χ2v) is 3.94. The van der Waals surface area contributed by atoms with Gasteiger partial charge in [0, 0.05) is 11.6 Å². The number of rotatable bonds is 1. The van der Waals surface area contributed by atoms with Crippen LogP contribution in [0.1, 0.15) is 20.8 Å². The van der Waals surface area contributed by atoms with Crippen LogP contribution < -0.4 is 5.32 Å². The molecular weight excluding hydrogens is 172 g/mol. The zero-order chi connectivity index (χ0) is 10.4. The molecule has 0 aromatic heterocycles. The summed E-state index contributed by atoms with van der Waals surface area (Å²) in [6.07, 6.45) is 12.2. The van der Waals surface area contributed by atoms with E-state index in [-0.39, 0.29) is 5.41 Å². The Bertz CT molecular complexity index is 293. The van der Waals surface area contributed by atoms with Crippen LogP contribution in [0.3, 0.4) is 0 Å². The molecule has 0 saturated heterocycles. The molecule has 14 heavy (non-hydrogen) atoms. The van der Waals surface area contributed by atoms with Crippen molar-refractivity contribution >= 4 is 6.21 Å². The predicted octanol–water partition coefficient (Wildman–Crippen LogP) is 2.66. The molecule has 0 bridgehead atoms. The summed E-state index contributed by atoms with van der Waals surface area (Å²) >= 11 is 0. The monoisotopic (exact) mass is 190 g/mol. The minimum absolute atomic E-state index is 0.106. The molecule has 1 N–H and O–H groups in total. The standard InChI is InChI=1S/C12H18N2/c1-4-14-11-6-5-7-12(2,3)8-9-13-10-11/h4-9,13H,10H2,1-3H3/b7-5-,9-8-,11-6+,14-4+. The molecule has 0 amide bonds. The Morgan fingerprint density at radius 1 is 1.43 bits per heavy atom. The van der Waals surface area contributed by atoms with Crippen molar-refractivity contribution in [2.75, 3.05) is 6.54 Å². The molecule has 0 fully saturated rings. The first-order valence-corrected chi connectivity index (χ1v) is 4.92. The Hall–Kier alpha value is -1.31. The summed E-state index contributed by atoms with van der Waals surface area (Å²) in [7, 11) is 0. The lowest BCUT2D eigenvalue weighted by Crippen LogP contribution is -2.10. The Balaban J connectivity index is 2.83. The van der Waals surface area contributed by atoms with Gasteiger partial charge in [-0.05, 0) is 19.2 Å². The van der Waals surface area contributed by atoms with E-state index in [4.69, 9.17) is 0 Å². The van der Waals surface area contributed by atoms with Crippen LogP contribution in [-0.2, 0) is 0 Å². The van der Waals surface area contributed by atoms with Gasteiger partial charge in [0.05, 0.1) is 12.2 Å². The Morgan fingerprint density at radius 2 is 2.21 bits per heavy atom. The van der Waals surface area contributed by atoms with Gasteiger partial charge >= 0.3 is 0 Å². The molecule has 0 spiro atoms. The van der Waals surface area contributed by atoms with E-state index >= 15 is 0 Å². The topological polar surface area (TPSA) is 24.4 Å². The Kier molecular flexibility index (Phi) is 3.69. The zero-order valence-corrected chi connectivity index (χ0v) is 9.12. The average molecular weight is 190 g/mol. The van der Waals surface area contributed by atoms with E-state index < -0.39 is 0 Å². The second-order valence-electron chi connectivity index (χ2n) is 3.94. The number of hydrogen-bond acceptors (Lipinski definition) is 2. The highest BCUT2D eigenvalue weighted by Gasteiger charge is 2.08. The maximum absolute atomic E-state index is 4.26. The van der Waals surface area contributed by atoms with Crippen LogP contribution in [-0.4, -0.2) is 12.8 Å². The molecule has 0 aliphatic carbocycles. The van der Waals surface area contributed by atoms with Crippen LogP contribution in [0, 0.1) is 5.41 Å². The third kappa shape index (κ3) is 3.60. The number of nitrogens with zero attached hydrogens (tertiary/aromatic N) is 1. The van der Waals surface area contributed by atoms with Crippen molar-refractivity contribution in [3.63, 3.8) is 0 Å². The minimum atomic E-state index is 0.106. The maximum atomic E-state index is 4.26. The molecule has 1 rings (SSSR count). The van der Waals surface area contributed by atoms with Crippen molar-refractivity contribution in [2.45, 2.75) is 20.8 Å². The lowest BCUT2D eigenvalue weighted by atomic mass is 9.93. The molecule has 0 atom stereocenters. The Labute approximate surface area is 86.1 Å². The summed E-state index contributed by atoms with van der Waals surface area (Å²) in [6.45, 7) is 7.05. The van der Waals surface area contributed by atoms with Crippen LogP contribution in [0.5, 0.6) is 0 Å². The minimum Gasteiger partial charge on any atom is -0.385 e. The highest BCUT2D eigenvalue weighted by molar-refractivity contribution is 5.55. The van der Waals surface area contributed by atoms with Crippen LogP contribution in [0.2, 0.25) is 0 Å². The van der Waals surface area contributed by atoms with Crippen molar-refractivity contribution in [1.29, 1.82) is 0 Å². The SMILES string of the molecule is C/C=N/C1=C/C=C\C(C)(C)/C=C\NC1. The fraction of sp³-hybridized carbons (Fsp3) is 0.417. The summed E-state index contributed by atoms with van der Waals surface area (Å²) in [5.41, 5.74) is 1.15. The van der Waals surface area contributed by atoms with Crippen LogP contribution in [0.4, 0.5) is 0 Å². The van der Waals surface area contributed by atoms with E-state index in [0.717, 1.165) is 12.2 Å². The van der Waals surface area contributed by atoms with Gasteiger partial charge in [-0.15, -0.1) is 0 Å². The molecule has 0 aromatic rings. The smallest absolute Gasteiger partial charge is 0.0590 e.